The summed E-state index contributed by atoms with van der Waals surface area (Å²) in [6.07, 6.45) is 5.33. The fourth-order valence-corrected chi connectivity index (χ4v) is 1.98. The van der Waals surface area contributed by atoms with Crippen LogP contribution in [0.15, 0.2) is 24.3 Å². The largest absolute Gasteiger partial charge is 0.497 e. The highest BCUT2D eigenvalue weighted by atomic mass is 16.5. The topological polar surface area (TPSA) is 38.3 Å². The monoisotopic (exact) mass is 247 g/mol. The summed E-state index contributed by atoms with van der Waals surface area (Å²) in [5, 5.41) is 2.99. The summed E-state index contributed by atoms with van der Waals surface area (Å²) in [6.45, 7) is 0.805. The van der Waals surface area contributed by atoms with Crippen molar-refractivity contribution in [1.82, 2.24) is 5.32 Å². The molecule has 1 saturated carbocycles. The Hall–Kier alpha value is -1.51. The normalized spacial score (nSPS) is 14.3. The molecule has 2 rings (SSSR count). The van der Waals surface area contributed by atoms with E-state index in [1.807, 2.05) is 12.1 Å². The maximum Gasteiger partial charge on any atom is 0.223 e. The van der Waals surface area contributed by atoms with Gasteiger partial charge in [-0.15, -0.1) is 0 Å². The smallest absolute Gasteiger partial charge is 0.223 e. The summed E-state index contributed by atoms with van der Waals surface area (Å²) in [5.41, 5.74) is 1.29. The Balaban J connectivity index is 1.60. The van der Waals surface area contributed by atoms with Gasteiger partial charge in [0.15, 0.2) is 0 Å². The molecule has 0 spiro atoms. The predicted molar refractivity (Wildman–Crippen MR) is 71.7 cm³/mol. The first-order chi connectivity index (χ1) is 8.79. The average Bonchev–Trinajstić information content (AvgIpc) is 3.23. The molecule has 18 heavy (non-hydrogen) atoms. The van der Waals surface area contributed by atoms with Crippen LogP contribution >= 0.6 is 0 Å². The Morgan fingerprint density at radius 1 is 1.39 bits per heavy atom. The van der Waals surface area contributed by atoms with Crippen LogP contribution < -0.4 is 10.1 Å². The maximum absolute atomic E-state index is 11.4. The third kappa shape index (κ3) is 4.06. The zero-order chi connectivity index (χ0) is 12.8. The highest BCUT2D eigenvalue weighted by Crippen LogP contribution is 2.28. The lowest BCUT2D eigenvalue weighted by Gasteiger charge is -2.05. The first kappa shape index (κ1) is 12.9. The maximum atomic E-state index is 11.4. The van der Waals surface area contributed by atoms with Crippen molar-refractivity contribution in [3.8, 4) is 5.75 Å². The van der Waals surface area contributed by atoms with Gasteiger partial charge in [-0.25, -0.2) is 0 Å². The first-order valence-electron chi connectivity index (χ1n) is 6.70. The second-order valence-electron chi connectivity index (χ2n) is 4.87. The van der Waals surface area contributed by atoms with Gasteiger partial charge in [0.05, 0.1) is 7.11 Å². The van der Waals surface area contributed by atoms with E-state index in [0.29, 0.717) is 5.92 Å². The van der Waals surface area contributed by atoms with E-state index in [0.717, 1.165) is 44.4 Å². The molecule has 1 aromatic rings. The molecular formula is C15H21NO2. The van der Waals surface area contributed by atoms with Gasteiger partial charge in [0.1, 0.15) is 5.75 Å². The summed E-state index contributed by atoms with van der Waals surface area (Å²) in [7, 11) is 1.69. The van der Waals surface area contributed by atoms with Crippen LogP contribution in [0.2, 0.25) is 0 Å². The Morgan fingerprint density at radius 3 is 2.94 bits per heavy atom. The minimum atomic E-state index is 0.247. The number of aryl methyl sites for hydroxylation is 1. The molecule has 0 aromatic heterocycles. The lowest BCUT2D eigenvalue weighted by atomic mass is 10.1. The SMILES string of the molecule is COc1cccc(CCCCNC(=O)C2CC2)c1. The van der Waals surface area contributed by atoms with E-state index in [9.17, 15) is 4.79 Å². The van der Waals surface area contributed by atoms with Crippen LogP contribution in [0.25, 0.3) is 0 Å². The molecule has 0 atom stereocenters. The van der Waals surface area contributed by atoms with Gasteiger partial charge in [-0.1, -0.05) is 12.1 Å². The molecule has 0 aliphatic heterocycles. The van der Waals surface area contributed by atoms with Crippen LogP contribution in [0.1, 0.15) is 31.2 Å². The third-order valence-electron chi connectivity index (χ3n) is 3.27. The number of ether oxygens (including phenoxy) is 1. The molecule has 0 heterocycles. The molecule has 1 aliphatic carbocycles. The quantitative estimate of drug-likeness (QED) is 0.752. The van der Waals surface area contributed by atoms with Crippen molar-refractivity contribution in [2.24, 2.45) is 5.92 Å². The van der Waals surface area contributed by atoms with Crippen molar-refractivity contribution in [3.05, 3.63) is 29.8 Å². The highest BCUT2D eigenvalue weighted by Gasteiger charge is 2.28. The number of benzene rings is 1. The molecule has 1 amide bonds. The van der Waals surface area contributed by atoms with Gasteiger partial charge in [0.25, 0.3) is 0 Å². The summed E-state index contributed by atoms with van der Waals surface area (Å²) in [5.74, 6) is 1.48. The number of hydrogen-bond donors (Lipinski definition) is 1. The molecule has 0 saturated heterocycles. The summed E-state index contributed by atoms with van der Waals surface area (Å²) in [6, 6.07) is 8.16. The van der Waals surface area contributed by atoms with Gasteiger partial charge in [-0.3, -0.25) is 4.79 Å². The fraction of sp³-hybridized carbons (Fsp3) is 0.533. The minimum absolute atomic E-state index is 0.247. The van der Waals surface area contributed by atoms with Crippen LogP contribution in [0.4, 0.5) is 0 Å². The molecule has 1 aliphatic rings. The van der Waals surface area contributed by atoms with E-state index in [-0.39, 0.29) is 5.91 Å². The van der Waals surface area contributed by atoms with E-state index in [1.165, 1.54) is 5.56 Å². The number of methoxy groups -OCH3 is 1. The molecule has 1 aromatic carbocycles. The van der Waals surface area contributed by atoms with E-state index in [2.05, 4.69) is 17.4 Å². The van der Waals surface area contributed by atoms with E-state index in [4.69, 9.17) is 4.74 Å². The lowest BCUT2D eigenvalue weighted by Crippen LogP contribution is -2.25. The van der Waals surface area contributed by atoms with Crippen LogP contribution in [0.5, 0.6) is 5.75 Å². The van der Waals surface area contributed by atoms with Gasteiger partial charge in [-0.2, -0.15) is 0 Å². The fourth-order valence-electron chi connectivity index (χ4n) is 1.98. The van der Waals surface area contributed by atoms with Crippen LogP contribution in [0.3, 0.4) is 0 Å². The first-order valence-corrected chi connectivity index (χ1v) is 6.70. The number of nitrogens with one attached hydrogen (secondary N) is 1. The summed E-state index contributed by atoms with van der Waals surface area (Å²) < 4.78 is 5.19. The second kappa shape index (κ2) is 6.43. The van der Waals surface area contributed by atoms with Gasteiger partial charge in [0, 0.05) is 12.5 Å². The van der Waals surface area contributed by atoms with Crippen molar-refractivity contribution in [2.75, 3.05) is 13.7 Å². The Bertz CT molecular complexity index is 399. The minimum Gasteiger partial charge on any atom is -0.497 e. The Morgan fingerprint density at radius 2 is 2.22 bits per heavy atom. The molecule has 0 unspecified atom stereocenters. The molecule has 1 fully saturated rings. The van der Waals surface area contributed by atoms with Gasteiger partial charge >= 0.3 is 0 Å². The third-order valence-corrected chi connectivity index (χ3v) is 3.27. The van der Waals surface area contributed by atoms with Crippen LogP contribution in [0, 0.1) is 5.92 Å². The molecule has 98 valence electrons. The van der Waals surface area contributed by atoms with Gasteiger partial charge < -0.3 is 10.1 Å². The second-order valence-corrected chi connectivity index (χ2v) is 4.87. The van der Waals surface area contributed by atoms with Crippen molar-refractivity contribution in [2.45, 2.75) is 32.1 Å². The molecule has 3 nitrogen and oxygen atoms in total. The number of carbonyl (C=O) groups is 1. The summed E-state index contributed by atoms with van der Waals surface area (Å²) >= 11 is 0. The molecule has 3 heteroatoms. The van der Waals surface area contributed by atoms with Crippen molar-refractivity contribution in [3.63, 3.8) is 0 Å². The lowest BCUT2D eigenvalue weighted by molar-refractivity contribution is -0.122. The Labute approximate surface area is 109 Å². The standard InChI is InChI=1S/C15H21NO2/c1-18-14-7-4-6-12(11-14)5-2-3-10-16-15(17)13-8-9-13/h4,6-7,11,13H,2-3,5,8-10H2,1H3,(H,16,17). The van der Waals surface area contributed by atoms with E-state index >= 15 is 0 Å². The van der Waals surface area contributed by atoms with Gasteiger partial charge in [0.2, 0.25) is 5.91 Å². The van der Waals surface area contributed by atoms with Crippen LogP contribution in [-0.4, -0.2) is 19.6 Å². The van der Waals surface area contributed by atoms with Gasteiger partial charge in [-0.05, 0) is 49.8 Å². The van der Waals surface area contributed by atoms with Crippen molar-refractivity contribution in [1.29, 1.82) is 0 Å². The molecule has 1 N–H and O–H groups in total. The molecule has 0 radical (unpaired) electrons. The van der Waals surface area contributed by atoms with E-state index in [1.54, 1.807) is 7.11 Å². The zero-order valence-electron chi connectivity index (χ0n) is 10.9. The molecule has 0 bridgehead atoms. The number of amides is 1. The predicted octanol–water partition coefficient (Wildman–Crippen LogP) is 2.54. The number of carbonyl (C=O) groups excluding carboxylic acids is 1. The molecular weight excluding hydrogens is 226 g/mol. The number of hydrogen-bond acceptors (Lipinski definition) is 2. The van der Waals surface area contributed by atoms with Crippen molar-refractivity contribution < 1.29 is 9.53 Å². The number of rotatable bonds is 7. The average molecular weight is 247 g/mol. The number of unbranched alkanes of at least 4 members (excludes halogenated alkanes) is 1. The summed E-state index contributed by atoms with van der Waals surface area (Å²) in [4.78, 5) is 11.4. The Kier molecular flexibility index (Phi) is 4.62. The highest BCUT2D eigenvalue weighted by molar-refractivity contribution is 5.80. The van der Waals surface area contributed by atoms with Crippen LogP contribution in [-0.2, 0) is 11.2 Å². The van der Waals surface area contributed by atoms with Crippen molar-refractivity contribution >= 4 is 5.91 Å². The zero-order valence-corrected chi connectivity index (χ0v) is 10.9. The van der Waals surface area contributed by atoms with E-state index < -0.39 is 0 Å².